The van der Waals surface area contributed by atoms with E-state index in [1.807, 2.05) is 60.7 Å². The maximum absolute atomic E-state index is 11.7. The molecule has 2 aromatic rings. The number of carbonyl (C=O) groups is 2. The minimum Gasteiger partial charge on any atom is -0.492 e. The molecule has 2 aromatic carbocycles. The fourth-order valence-corrected chi connectivity index (χ4v) is 2.13. The van der Waals surface area contributed by atoms with Crippen molar-refractivity contribution in [2.45, 2.75) is 6.42 Å². The van der Waals surface area contributed by atoms with E-state index in [4.69, 9.17) is 4.74 Å². The Hall–Kier alpha value is -3.02. The maximum Gasteiger partial charge on any atom is 0.315 e. The Kier molecular flexibility index (Phi) is 7.84. The first kappa shape index (κ1) is 18.3. The number of amides is 3. The summed E-state index contributed by atoms with van der Waals surface area (Å²) in [6, 6.07) is 18.9. The summed E-state index contributed by atoms with van der Waals surface area (Å²) in [7, 11) is 0. The summed E-state index contributed by atoms with van der Waals surface area (Å²) < 4.78 is 5.46. The van der Waals surface area contributed by atoms with Gasteiger partial charge in [-0.2, -0.15) is 0 Å². The van der Waals surface area contributed by atoms with Crippen LogP contribution >= 0.6 is 0 Å². The van der Waals surface area contributed by atoms with Crippen LogP contribution in [0.2, 0.25) is 0 Å². The third kappa shape index (κ3) is 7.87. The molecule has 2 rings (SSSR count). The second-order valence-corrected chi connectivity index (χ2v) is 5.36. The smallest absolute Gasteiger partial charge is 0.315 e. The number of para-hydroxylation sites is 1. The van der Waals surface area contributed by atoms with Crippen LogP contribution in [0.25, 0.3) is 0 Å². The van der Waals surface area contributed by atoms with Gasteiger partial charge in [0, 0.05) is 6.54 Å². The molecule has 0 heterocycles. The van der Waals surface area contributed by atoms with Crippen molar-refractivity contribution in [3.05, 3.63) is 66.2 Å². The van der Waals surface area contributed by atoms with Crippen molar-refractivity contribution in [2.75, 3.05) is 26.2 Å². The van der Waals surface area contributed by atoms with Gasteiger partial charge < -0.3 is 20.7 Å². The molecule has 0 radical (unpaired) electrons. The highest BCUT2D eigenvalue weighted by Crippen LogP contribution is 2.07. The first-order valence-corrected chi connectivity index (χ1v) is 8.24. The van der Waals surface area contributed by atoms with Crippen LogP contribution in [0.4, 0.5) is 4.79 Å². The molecule has 0 saturated carbocycles. The third-order valence-corrected chi connectivity index (χ3v) is 3.39. The van der Waals surface area contributed by atoms with Crippen LogP contribution in [0.15, 0.2) is 60.7 Å². The normalized spacial score (nSPS) is 9.92. The molecule has 0 bridgehead atoms. The van der Waals surface area contributed by atoms with Gasteiger partial charge in [-0.05, 0) is 24.1 Å². The highest BCUT2D eigenvalue weighted by Gasteiger charge is 2.04. The molecule has 25 heavy (non-hydrogen) atoms. The van der Waals surface area contributed by atoms with E-state index in [-0.39, 0.29) is 12.5 Å². The maximum atomic E-state index is 11.7. The van der Waals surface area contributed by atoms with E-state index in [1.54, 1.807) is 0 Å². The lowest BCUT2D eigenvalue weighted by atomic mass is 10.1. The van der Waals surface area contributed by atoms with Crippen LogP contribution in [-0.4, -0.2) is 38.2 Å². The van der Waals surface area contributed by atoms with Crippen molar-refractivity contribution < 1.29 is 14.3 Å². The van der Waals surface area contributed by atoms with Crippen molar-refractivity contribution in [1.29, 1.82) is 0 Å². The Bertz CT molecular complexity index is 647. The van der Waals surface area contributed by atoms with E-state index < -0.39 is 6.03 Å². The van der Waals surface area contributed by atoms with Crippen molar-refractivity contribution in [3.63, 3.8) is 0 Å². The van der Waals surface area contributed by atoms with Crippen LogP contribution in [0.5, 0.6) is 5.75 Å². The minimum absolute atomic E-state index is 0.0554. The molecule has 132 valence electrons. The van der Waals surface area contributed by atoms with Gasteiger partial charge in [-0.3, -0.25) is 4.79 Å². The Balaban J connectivity index is 1.50. The second kappa shape index (κ2) is 10.7. The van der Waals surface area contributed by atoms with E-state index in [0.29, 0.717) is 19.7 Å². The molecule has 0 aliphatic rings. The van der Waals surface area contributed by atoms with E-state index in [2.05, 4.69) is 16.0 Å². The summed E-state index contributed by atoms with van der Waals surface area (Å²) in [5.41, 5.74) is 1.16. The predicted molar refractivity (Wildman–Crippen MR) is 96.5 cm³/mol. The summed E-state index contributed by atoms with van der Waals surface area (Å²) in [6.45, 7) is 1.20. The van der Waals surface area contributed by atoms with Gasteiger partial charge in [-0.1, -0.05) is 48.5 Å². The standard InChI is InChI=1S/C19H23N3O3/c23-18(20-12-11-16-7-3-1-4-8-16)15-22-19(24)21-13-14-25-17-9-5-2-6-10-17/h1-10H,11-15H2,(H,20,23)(H2,21,22,24). The highest BCUT2D eigenvalue weighted by atomic mass is 16.5. The third-order valence-electron chi connectivity index (χ3n) is 3.39. The van der Waals surface area contributed by atoms with E-state index in [0.717, 1.165) is 17.7 Å². The zero-order chi connectivity index (χ0) is 17.7. The monoisotopic (exact) mass is 341 g/mol. The quantitative estimate of drug-likeness (QED) is 0.608. The summed E-state index contributed by atoms with van der Waals surface area (Å²) in [4.78, 5) is 23.3. The summed E-state index contributed by atoms with van der Waals surface area (Å²) in [5, 5.41) is 7.92. The number of rotatable bonds is 9. The van der Waals surface area contributed by atoms with Crippen LogP contribution < -0.4 is 20.7 Å². The number of nitrogens with one attached hydrogen (secondary N) is 3. The van der Waals surface area contributed by atoms with E-state index in [9.17, 15) is 9.59 Å². The molecule has 0 fully saturated rings. The summed E-state index contributed by atoms with van der Waals surface area (Å²) in [6.07, 6.45) is 0.760. The van der Waals surface area contributed by atoms with Crippen LogP contribution in [0.1, 0.15) is 5.56 Å². The molecule has 3 amide bonds. The van der Waals surface area contributed by atoms with Crippen molar-refractivity contribution in [3.8, 4) is 5.75 Å². The van der Waals surface area contributed by atoms with Gasteiger partial charge in [0.15, 0.2) is 0 Å². The number of urea groups is 1. The lowest BCUT2D eigenvalue weighted by Gasteiger charge is -2.09. The molecule has 0 aromatic heterocycles. The van der Waals surface area contributed by atoms with Gasteiger partial charge in [0.05, 0.1) is 13.1 Å². The van der Waals surface area contributed by atoms with Crippen LogP contribution in [-0.2, 0) is 11.2 Å². The molecule has 0 atom stereocenters. The Morgan fingerprint density at radius 1 is 0.800 bits per heavy atom. The number of benzene rings is 2. The lowest BCUT2D eigenvalue weighted by Crippen LogP contribution is -2.43. The average molecular weight is 341 g/mol. The largest absolute Gasteiger partial charge is 0.492 e. The van der Waals surface area contributed by atoms with Gasteiger partial charge in [-0.25, -0.2) is 4.79 Å². The second-order valence-electron chi connectivity index (χ2n) is 5.36. The topological polar surface area (TPSA) is 79.5 Å². The predicted octanol–water partition coefficient (Wildman–Crippen LogP) is 1.72. The van der Waals surface area contributed by atoms with Gasteiger partial charge in [0.1, 0.15) is 12.4 Å². The van der Waals surface area contributed by atoms with Crippen molar-refractivity contribution in [1.82, 2.24) is 16.0 Å². The summed E-state index contributed by atoms with van der Waals surface area (Å²) in [5.74, 6) is 0.536. The first-order chi connectivity index (χ1) is 12.2. The fourth-order valence-electron chi connectivity index (χ4n) is 2.13. The zero-order valence-electron chi connectivity index (χ0n) is 14.0. The average Bonchev–Trinajstić information content (AvgIpc) is 2.65. The van der Waals surface area contributed by atoms with Crippen LogP contribution in [0, 0.1) is 0 Å². The van der Waals surface area contributed by atoms with Gasteiger partial charge in [-0.15, -0.1) is 0 Å². The number of carbonyl (C=O) groups excluding carboxylic acids is 2. The van der Waals surface area contributed by atoms with Gasteiger partial charge in [0.2, 0.25) is 5.91 Å². The molecule has 3 N–H and O–H groups in total. The first-order valence-electron chi connectivity index (χ1n) is 8.24. The van der Waals surface area contributed by atoms with Crippen molar-refractivity contribution in [2.24, 2.45) is 0 Å². The lowest BCUT2D eigenvalue weighted by molar-refractivity contribution is -0.120. The highest BCUT2D eigenvalue weighted by molar-refractivity contribution is 5.83. The van der Waals surface area contributed by atoms with Gasteiger partial charge in [0.25, 0.3) is 0 Å². The zero-order valence-corrected chi connectivity index (χ0v) is 14.0. The Labute approximate surface area is 147 Å². The molecular weight excluding hydrogens is 318 g/mol. The molecule has 6 nitrogen and oxygen atoms in total. The molecular formula is C19H23N3O3. The molecule has 6 heteroatoms. The number of ether oxygens (including phenoxy) is 1. The van der Waals surface area contributed by atoms with E-state index in [1.165, 1.54) is 0 Å². The van der Waals surface area contributed by atoms with E-state index >= 15 is 0 Å². The fraction of sp³-hybridized carbons (Fsp3) is 0.263. The molecule has 0 aliphatic heterocycles. The Morgan fingerprint density at radius 3 is 2.20 bits per heavy atom. The SMILES string of the molecule is O=C(CNC(=O)NCCOc1ccccc1)NCCc1ccccc1. The molecule has 0 aliphatic carbocycles. The van der Waals surface area contributed by atoms with Gasteiger partial charge >= 0.3 is 6.03 Å². The molecule has 0 saturated heterocycles. The molecule has 0 unspecified atom stereocenters. The van der Waals surface area contributed by atoms with Crippen LogP contribution in [0.3, 0.4) is 0 Å². The molecule has 0 spiro atoms. The number of hydrogen-bond donors (Lipinski definition) is 3. The number of hydrogen-bond acceptors (Lipinski definition) is 3. The summed E-state index contributed by atoms with van der Waals surface area (Å²) >= 11 is 0. The minimum atomic E-state index is -0.394. The Morgan fingerprint density at radius 2 is 1.48 bits per heavy atom. The van der Waals surface area contributed by atoms with Crippen molar-refractivity contribution >= 4 is 11.9 Å².